The van der Waals surface area contributed by atoms with Crippen LogP contribution in [0.15, 0.2) is 24.3 Å². The van der Waals surface area contributed by atoms with Gasteiger partial charge in [-0.2, -0.15) is 0 Å². The first kappa shape index (κ1) is 17.8. The van der Waals surface area contributed by atoms with Crippen LogP contribution in [0.2, 0.25) is 0 Å². The van der Waals surface area contributed by atoms with Crippen molar-refractivity contribution in [3.05, 3.63) is 35.6 Å². The van der Waals surface area contributed by atoms with Gasteiger partial charge in [0, 0.05) is 19.5 Å². The van der Waals surface area contributed by atoms with Crippen molar-refractivity contribution in [1.29, 1.82) is 0 Å². The van der Waals surface area contributed by atoms with E-state index in [1.54, 1.807) is 6.07 Å². The lowest BCUT2D eigenvalue weighted by atomic mass is 9.97. The monoisotopic (exact) mass is 324 g/mol. The van der Waals surface area contributed by atoms with Gasteiger partial charge in [0.15, 0.2) is 0 Å². The summed E-state index contributed by atoms with van der Waals surface area (Å²) in [5.41, 5.74) is 0.291. The molecule has 1 heterocycles. The molecule has 0 bridgehead atoms. The Morgan fingerprint density at radius 3 is 3.04 bits per heavy atom. The molecule has 1 aromatic carbocycles. The number of hydrogen-bond donors (Lipinski definition) is 3. The minimum atomic E-state index is -0.598. The Morgan fingerprint density at radius 1 is 1.57 bits per heavy atom. The highest BCUT2D eigenvalue weighted by Gasteiger charge is 2.32. The van der Waals surface area contributed by atoms with Crippen LogP contribution in [0.4, 0.5) is 4.39 Å². The first-order valence-corrected chi connectivity index (χ1v) is 7.98. The molecule has 1 amide bonds. The van der Waals surface area contributed by atoms with Crippen molar-refractivity contribution in [2.24, 2.45) is 5.92 Å². The van der Waals surface area contributed by atoms with Gasteiger partial charge in [0.2, 0.25) is 5.91 Å². The van der Waals surface area contributed by atoms with Gasteiger partial charge >= 0.3 is 0 Å². The topological polar surface area (TPSA) is 70.6 Å². The average molecular weight is 324 g/mol. The zero-order valence-corrected chi connectivity index (χ0v) is 13.5. The van der Waals surface area contributed by atoms with E-state index in [2.05, 4.69) is 10.6 Å². The Kier molecular flexibility index (Phi) is 6.50. The molecular weight excluding hydrogens is 299 g/mol. The number of carbonyl (C=O) groups excluding carboxylic acids is 1. The third-order valence-electron chi connectivity index (χ3n) is 4.06. The minimum absolute atomic E-state index is 0.0749. The maximum atomic E-state index is 13.2. The predicted molar refractivity (Wildman–Crippen MR) is 85.5 cm³/mol. The molecule has 128 valence electrons. The molecule has 5 nitrogen and oxygen atoms in total. The number of morpholine rings is 1. The molecule has 1 saturated heterocycles. The summed E-state index contributed by atoms with van der Waals surface area (Å²) in [6.07, 6.45) is 1.01. The summed E-state index contributed by atoms with van der Waals surface area (Å²) in [6, 6.07) is 6.45. The number of aliphatic hydroxyl groups is 1. The molecule has 2 unspecified atom stereocenters. The van der Waals surface area contributed by atoms with Crippen molar-refractivity contribution < 1.29 is 19.0 Å². The molecule has 0 spiro atoms. The van der Waals surface area contributed by atoms with Crippen molar-refractivity contribution in [1.82, 2.24) is 10.6 Å². The fourth-order valence-electron chi connectivity index (χ4n) is 2.77. The summed E-state index contributed by atoms with van der Waals surface area (Å²) in [5.74, 6) is -0.223. The van der Waals surface area contributed by atoms with E-state index < -0.39 is 5.54 Å². The number of halogens is 1. The number of benzene rings is 1. The molecule has 1 aliphatic rings. The summed E-state index contributed by atoms with van der Waals surface area (Å²) in [4.78, 5) is 12.1. The van der Waals surface area contributed by atoms with Gasteiger partial charge in [-0.3, -0.25) is 4.79 Å². The third-order valence-corrected chi connectivity index (χ3v) is 4.06. The number of amides is 1. The number of carbonyl (C=O) groups is 1. The van der Waals surface area contributed by atoms with Crippen LogP contribution < -0.4 is 10.6 Å². The van der Waals surface area contributed by atoms with Crippen LogP contribution in [0.3, 0.4) is 0 Å². The molecular formula is C17H25FN2O3. The summed E-state index contributed by atoms with van der Waals surface area (Å²) in [7, 11) is 0. The average Bonchev–Trinajstić information content (AvgIpc) is 2.54. The van der Waals surface area contributed by atoms with E-state index in [0.717, 1.165) is 5.56 Å². The van der Waals surface area contributed by atoms with E-state index in [4.69, 9.17) is 4.74 Å². The van der Waals surface area contributed by atoms with Crippen molar-refractivity contribution in [2.75, 3.05) is 32.9 Å². The molecule has 2 atom stereocenters. The number of hydrogen-bond acceptors (Lipinski definition) is 4. The lowest BCUT2D eigenvalue weighted by Gasteiger charge is -2.36. The second kappa shape index (κ2) is 8.38. The largest absolute Gasteiger partial charge is 0.394 e. The molecule has 0 radical (unpaired) electrons. The van der Waals surface area contributed by atoms with Crippen LogP contribution >= 0.6 is 0 Å². The zero-order valence-electron chi connectivity index (χ0n) is 13.5. The molecule has 23 heavy (non-hydrogen) atoms. The highest BCUT2D eigenvalue weighted by molar-refractivity contribution is 5.76. The standard InChI is InChI=1S/C17H25FN2O3/c1-13(7-14-3-2-4-15(18)9-14)8-16(22)19-10-17(11-21)12-23-6-5-20-17/h2-4,9,13,20-21H,5-8,10-12H2,1H3,(H,19,22). The molecule has 0 aliphatic carbocycles. The molecule has 1 aromatic rings. The van der Waals surface area contributed by atoms with Crippen LogP contribution in [-0.2, 0) is 16.0 Å². The van der Waals surface area contributed by atoms with Crippen LogP contribution in [0.1, 0.15) is 18.9 Å². The van der Waals surface area contributed by atoms with Gasteiger partial charge < -0.3 is 20.5 Å². The normalized spacial score (nSPS) is 22.6. The maximum absolute atomic E-state index is 13.2. The Bertz CT molecular complexity index is 518. The van der Waals surface area contributed by atoms with Gasteiger partial charge in [0.05, 0.1) is 25.4 Å². The molecule has 1 aliphatic heterocycles. The second-order valence-corrected chi connectivity index (χ2v) is 6.34. The minimum Gasteiger partial charge on any atom is -0.394 e. The van der Waals surface area contributed by atoms with E-state index in [1.165, 1.54) is 12.1 Å². The number of aliphatic hydroxyl groups excluding tert-OH is 1. The van der Waals surface area contributed by atoms with Gasteiger partial charge in [0.1, 0.15) is 5.82 Å². The smallest absolute Gasteiger partial charge is 0.220 e. The summed E-state index contributed by atoms with van der Waals surface area (Å²) >= 11 is 0. The lowest BCUT2D eigenvalue weighted by Crippen LogP contribution is -2.62. The van der Waals surface area contributed by atoms with E-state index in [9.17, 15) is 14.3 Å². The summed E-state index contributed by atoms with van der Waals surface area (Å²) < 4.78 is 18.5. The molecule has 1 fully saturated rings. The molecule has 2 rings (SSSR count). The van der Waals surface area contributed by atoms with Crippen molar-refractivity contribution >= 4 is 5.91 Å². The Balaban J connectivity index is 1.77. The van der Waals surface area contributed by atoms with Crippen LogP contribution in [0.25, 0.3) is 0 Å². The van der Waals surface area contributed by atoms with Crippen molar-refractivity contribution in [3.8, 4) is 0 Å². The van der Waals surface area contributed by atoms with E-state index in [-0.39, 0.29) is 24.2 Å². The Labute approximate surface area is 136 Å². The molecule has 0 saturated carbocycles. The maximum Gasteiger partial charge on any atom is 0.220 e. The van der Waals surface area contributed by atoms with Gasteiger partial charge in [-0.05, 0) is 30.0 Å². The number of nitrogens with one attached hydrogen (secondary N) is 2. The second-order valence-electron chi connectivity index (χ2n) is 6.34. The van der Waals surface area contributed by atoms with Gasteiger partial charge in [-0.15, -0.1) is 0 Å². The Hall–Kier alpha value is -1.50. The predicted octanol–water partition coefficient (Wildman–Crippen LogP) is 0.861. The zero-order chi connectivity index (χ0) is 16.7. The van der Waals surface area contributed by atoms with Gasteiger partial charge in [0.25, 0.3) is 0 Å². The molecule has 6 heteroatoms. The third kappa shape index (κ3) is 5.57. The first-order chi connectivity index (χ1) is 11.0. The highest BCUT2D eigenvalue weighted by atomic mass is 19.1. The van der Waals surface area contributed by atoms with Crippen LogP contribution in [-0.4, -0.2) is 49.5 Å². The quantitative estimate of drug-likeness (QED) is 0.696. The molecule has 3 N–H and O–H groups in total. The van der Waals surface area contributed by atoms with Crippen LogP contribution in [0.5, 0.6) is 0 Å². The molecule has 0 aromatic heterocycles. The van der Waals surface area contributed by atoms with E-state index >= 15 is 0 Å². The number of ether oxygens (including phenoxy) is 1. The summed E-state index contributed by atoms with van der Waals surface area (Å²) in [5, 5.41) is 15.6. The first-order valence-electron chi connectivity index (χ1n) is 7.98. The fourth-order valence-corrected chi connectivity index (χ4v) is 2.77. The number of rotatable bonds is 7. The fraction of sp³-hybridized carbons (Fsp3) is 0.588. The van der Waals surface area contributed by atoms with E-state index in [0.29, 0.717) is 39.1 Å². The van der Waals surface area contributed by atoms with Gasteiger partial charge in [-0.1, -0.05) is 19.1 Å². The van der Waals surface area contributed by atoms with Crippen molar-refractivity contribution in [2.45, 2.75) is 25.3 Å². The van der Waals surface area contributed by atoms with Crippen molar-refractivity contribution in [3.63, 3.8) is 0 Å². The van der Waals surface area contributed by atoms with Crippen LogP contribution in [0, 0.1) is 11.7 Å². The Morgan fingerprint density at radius 2 is 2.39 bits per heavy atom. The lowest BCUT2D eigenvalue weighted by molar-refractivity contribution is -0.122. The SMILES string of the molecule is CC(CC(=O)NCC1(CO)COCCN1)Cc1cccc(F)c1. The van der Waals surface area contributed by atoms with Gasteiger partial charge in [-0.25, -0.2) is 4.39 Å². The summed E-state index contributed by atoms with van der Waals surface area (Å²) in [6.45, 7) is 3.85. The highest BCUT2D eigenvalue weighted by Crippen LogP contribution is 2.13. The van der Waals surface area contributed by atoms with E-state index in [1.807, 2.05) is 13.0 Å².